The summed E-state index contributed by atoms with van der Waals surface area (Å²) in [6.07, 6.45) is 4.66. The Hall–Kier alpha value is -2.17. The van der Waals surface area contributed by atoms with Crippen LogP contribution in [0.25, 0.3) is 0 Å². The Kier molecular flexibility index (Phi) is 6.69. The van der Waals surface area contributed by atoms with Crippen LogP contribution in [0.15, 0.2) is 18.2 Å². The normalized spacial score (nSPS) is 12.5. The molecule has 0 bridgehead atoms. The molecule has 1 N–H and O–H groups in total. The Balaban J connectivity index is 3.49. The molecule has 1 rings (SSSR count). The van der Waals surface area contributed by atoms with Gasteiger partial charge in [0.05, 0.1) is 23.1 Å². The second-order valence-corrected chi connectivity index (χ2v) is 9.19. The molecular formula is C17H24N2O4Si. The lowest BCUT2D eigenvalue weighted by atomic mass is 9.83. The van der Waals surface area contributed by atoms with Crippen LogP contribution in [0.2, 0.25) is 13.1 Å². The molecule has 130 valence electrons. The number of benzene rings is 1. The number of para-hydroxylation sites is 1. The van der Waals surface area contributed by atoms with Crippen LogP contribution in [0, 0.1) is 27.9 Å². The van der Waals surface area contributed by atoms with Crippen molar-refractivity contribution in [2.45, 2.75) is 40.0 Å². The van der Waals surface area contributed by atoms with Gasteiger partial charge in [0.25, 0.3) is 11.6 Å². The first-order chi connectivity index (χ1) is 11.1. The first-order valence-corrected chi connectivity index (χ1v) is 10.5. The Morgan fingerprint density at radius 1 is 1.46 bits per heavy atom. The SMILES string of the molecule is C#CCNC(=O)c1cccc(C(O[SiH](C)C)C(C)(C)C)c1[N+](=O)[O-]. The standard InChI is InChI=1S/C17H24N2O4Si/c1-7-11-18-16(20)13-10-8-9-12(14(13)19(21)22)15(17(2,3)4)23-24(5)6/h1,8-10,15,24H,11H2,2-6H3,(H,18,20). The van der Waals surface area contributed by atoms with E-state index in [1.54, 1.807) is 12.1 Å². The van der Waals surface area contributed by atoms with Gasteiger partial charge in [-0.1, -0.05) is 32.8 Å². The number of amides is 1. The Labute approximate surface area is 144 Å². The van der Waals surface area contributed by atoms with Crippen LogP contribution in [0.4, 0.5) is 5.69 Å². The van der Waals surface area contributed by atoms with Crippen molar-refractivity contribution in [3.8, 4) is 12.3 Å². The number of nitrogens with one attached hydrogen (secondary N) is 1. The fourth-order valence-corrected chi connectivity index (χ4v) is 3.50. The molecule has 1 aromatic carbocycles. The number of hydrogen-bond acceptors (Lipinski definition) is 4. The van der Waals surface area contributed by atoms with Crippen LogP contribution in [0.1, 0.15) is 42.8 Å². The van der Waals surface area contributed by atoms with Gasteiger partial charge in [0.15, 0.2) is 9.04 Å². The Morgan fingerprint density at radius 3 is 2.54 bits per heavy atom. The molecule has 0 fully saturated rings. The zero-order valence-corrected chi connectivity index (χ0v) is 15.9. The topological polar surface area (TPSA) is 81.5 Å². The van der Waals surface area contributed by atoms with Crippen LogP contribution in [-0.4, -0.2) is 26.4 Å². The van der Waals surface area contributed by atoms with Crippen molar-refractivity contribution in [2.24, 2.45) is 5.41 Å². The lowest BCUT2D eigenvalue weighted by molar-refractivity contribution is -0.386. The third-order valence-electron chi connectivity index (χ3n) is 3.32. The quantitative estimate of drug-likeness (QED) is 0.371. The molecule has 0 aliphatic carbocycles. The summed E-state index contributed by atoms with van der Waals surface area (Å²) in [5.41, 5.74) is -0.157. The van der Waals surface area contributed by atoms with Gasteiger partial charge in [-0.05, 0) is 30.6 Å². The number of nitro benzene ring substituents is 1. The first kappa shape index (κ1) is 19.9. The van der Waals surface area contributed by atoms with E-state index in [9.17, 15) is 14.9 Å². The third kappa shape index (κ3) is 4.91. The third-order valence-corrected chi connectivity index (χ3v) is 4.14. The average molecular weight is 348 g/mol. The zero-order chi connectivity index (χ0) is 18.5. The van der Waals surface area contributed by atoms with Gasteiger partial charge in [-0.2, -0.15) is 0 Å². The summed E-state index contributed by atoms with van der Waals surface area (Å²) in [5, 5.41) is 14.2. The van der Waals surface area contributed by atoms with E-state index >= 15 is 0 Å². The second kappa shape index (κ2) is 8.08. The van der Waals surface area contributed by atoms with Crippen LogP contribution >= 0.6 is 0 Å². The Bertz CT molecular complexity index is 660. The van der Waals surface area contributed by atoms with Gasteiger partial charge in [-0.15, -0.1) is 6.42 Å². The minimum absolute atomic E-state index is 0.00368. The molecule has 7 heteroatoms. The molecule has 0 aromatic heterocycles. The van der Waals surface area contributed by atoms with E-state index in [0.717, 1.165) is 0 Å². The smallest absolute Gasteiger partial charge is 0.287 e. The molecule has 0 saturated carbocycles. The Morgan fingerprint density at radius 2 is 2.08 bits per heavy atom. The molecule has 24 heavy (non-hydrogen) atoms. The van der Waals surface area contributed by atoms with Gasteiger partial charge in [0.1, 0.15) is 5.56 Å². The molecule has 0 spiro atoms. The highest BCUT2D eigenvalue weighted by Gasteiger charge is 2.35. The van der Waals surface area contributed by atoms with Gasteiger partial charge in [-0.25, -0.2) is 0 Å². The number of terminal acetylenes is 1. The van der Waals surface area contributed by atoms with Gasteiger partial charge < -0.3 is 9.74 Å². The van der Waals surface area contributed by atoms with E-state index in [-0.39, 0.29) is 23.2 Å². The van der Waals surface area contributed by atoms with Crippen molar-refractivity contribution in [2.75, 3.05) is 6.54 Å². The fraction of sp³-hybridized carbons (Fsp3) is 0.471. The first-order valence-electron chi connectivity index (χ1n) is 7.74. The lowest BCUT2D eigenvalue weighted by Crippen LogP contribution is -2.28. The largest absolute Gasteiger partial charge is 0.413 e. The maximum Gasteiger partial charge on any atom is 0.287 e. The molecule has 1 aromatic rings. The van der Waals surface area contributed by atoms with Crippen molar-refractivity contribution in [3.05, 3.63) is 39.4 Å². The fourth-order valence-electron chi connectivity index (χ4n) is 2.40. The number of hydrogen-bond donors (Lipinski definition) is 1. The van der Waals surface area contributed by atoms with Crippen molar-refractivity contribution >= 4 is 20.6 Å². The van der Waals surface area contributed by atoms with Gasteiger partial charge in [0.2, 0.25) is 0 Å². The molecule has 0 saturated heterocycles. The molecule has 1 atom stereocenters. The van der Waals surface area contributed by atoms with Gasteiger partial charge in [0, 0.05) is 0 Å². The minimum atomic E-state index is -1.46. The number of nitrogens with zero attached hydrogens (tertiary/aromatic N) is 1. The van der Waals surface area contributed by atoms with Crippen LogP contribution < -0.4 is 5.32 Å². The van der Waals surface area contributed by atoms with Crippen LogP contribution in [-0.2, 0) is 4.43 Å². The molecule has 0 radical (unpaired) electrons. The predicted octanol–water partition coefficient (Wildman–Crippen LogP) is 3.05. The lowest BCUT2D eigenvalue weighted by Gasteiger charge is -2.32. The molecule has 1 amide bonds. The van der Waals surface area contributed by atoms with Gasteiger partial charge >= 0.3 is 0 Å². The molecule has 0 aliphatic rings. The number of carbonyl (C=O) groups is 1. The van der Waals surface area contributed by atoms with Crippen molar-refractivity contribution < 1.29 is 14.1 Å². The molecule has 1 unspecified atom stereocenters. The van der Waals surface area contributed by atoms with Crippen molar-refractivity contribution in [1.82, 2.24) is 5.32 Å². The minimum Gasteiger partial charge on any atom is -0.413 e. The van der Waals surface area contributed by atoms with Crippen LogP contribution in [0.3, 0.4) is 0 Å². The summed E-state index contributed by atoms with van der Waals surface area (Å²) in [4.78, 5) is 23.4. The van der Waals surface area contributed by atoms with E-state index in [1.165, 1.54) is 6.07 Å². The molecular weight excluding hydrogens is 324 g/mol. The average Bonchev–Trinajstić information content (AvgIpc) is 2.48. The summed E-state index contributed by atoms with van der Waals surface area (Å²) in [5.74, 6) is 1.72. The van der Waals surface area contributed by atoms with Gasteiger partial charge in [-0.3, -0.25) is 14.9 Å². The highest BCUT2D eigenvalue weighted by molar-refractivity contribution is 6.48. The summed E-state index contributed by atoms with van der Waals surface area (Å²) in [6, 6.07) is 4.72. The summed E-state index contributed by atoms with van der Waals surface area (Å²) >= 11 is 0. The number of carbonyl (C=O) groups excluding carboxylic acids is 1. The number of rotatable bonds is 6. The van der Waals surface area contributed by atoms with E-state index in [0.29, 0.717) is 5.56 Å². The van der Waals surface area contributed by atoms with Crippen LogP contribution in [0.5, 0.6) is 0 Å². The summed E-state index contributed by atoms with van der Waals surface area (Å²) in [6.45, 7) is 9.91. The highest BCUT2D eigenvalue weighted by atomic mass is 28.3. The van der Waals surface area contributed by atoms with E-state index in [2.05, 4.69) is 11.2 Å². The maximum atomic E-state index is 12.2. The summed E-state index contributed by atoms with van der Waals surface area (Å²) in [7, 11) is -1.46. The van der Waals surface area contributed by atoms with E-state index in [1.807, 2.05) is 33.9 Å². The molecule has 6 nitrogen and oxygen atoms in total. The predicted molar refractivity (Wildman–Crippen MR) is 96.4 cm³/mol. The van der Waals surface area contributed by atoms with Crippen molar-refractivity contribution in [3.63, 3.8) is 0 Å². The van der Waals surface area contributed by atoms with Crippen molar-refractivity contribution in [1.29, 1.82) is 0 Å². The second-order valence-electron chi connectivity index (χ2n) is 6.82. The monoisotopic (exact) mass is 348 g/mol. The highest BCUT2D eigenvalue weighted by Crippen LogP contribution is 2.41. The molecule has 0 aliphatic heterocycles. The van der Waals surface area contributed by atoms with E-state index in [4.69, 9.17) is 10.8 Å². The zero-order valence-electron chi connectivity index (χ0n) is 14.8. The number of nitro groups is 1. The molecule has 0 heterocycles. The summed E-state index contributed by atoms with van der Waals surface area (Å²) < 4.78 is 6.08. The van der Waals surface area contributed by atoms with E-state index < -0.39 is 26.0 Å². The maximum absolute atomic E-state index is 12.2.